The largest absolute Gasteiger partial charge is 0.361 e. The van der Waals surface area contributed by atoms with Crippen LogP contribution in [0.2, 0.25) is 0 Å². The van der Waals surface area contributed by atoms with Crippen molar-refractivity contribution >= 4 is 22.7 Å². The standard InChI is InChI=1S/C15H19N3O2/c1-3-12(15(20)16-4-2)18-14(19)11-5-6-13-10(9-11)7-8-17-13/h5-9,12,17H,3-4H2,1-2H3,(H,16,20)(H,18,19)/t12-/m0/s1. The fourth-order valence-corrected chi connectivity index (χ4v) is 2.09. The molecule has 20 heavy (non-hydrogen) atoms. The molecule has 1 heterocycles. The van der Waals surface area contributed by atoms with Gasteiger partial charge in [0, 0.05) is 29.2 Å². The Morgan fingerprint density at radius 3 is 2.75 bits per heavy atom. The zero-order valence-corrected chi connectivity index (χ0v) is 11.7. The van der Waals surface area contributed by atoms with E-state index >= 15 is 0 Å². The van der Waals surface area contributed by atoms with Crippen molar-refractivity contribution in [2.75, 3.05) is 6.54 Å². The minimum absolute atomic E-state index is 0.147. The number of carbonyl (C=O) groups excluding carboxylic acids is 2. The highest BCUT2D eigenvalue weighted by molar-refractivity contribution is 6.00. The van der Waals surface area contributed by atoms with Crippen LogP contribution in [0.5, 0.6) is 0 Å². The first-order chi connectivity index (χ1) is 9.65. The lowest BCUT2D eigenvalue weighted by Gasteiger charge is -2.16. The number of H-pyrrole nitrogens is 1. The van der Waals surface area contributed by atoms with E-state index in [2.05, 4.69) is 15.6 Å². The molecule has 0 aliphatic heterocycles. The summed E-state index contributed by atoms with van der Waals surface area (Å²) in [5, 5.41) is 6.46. The second-order valence-electron chi connectivity index (χ2n) is 4.61. The lowest BCUT2D eigenvalue weighted by atomic mass is 10.1. The molecular formula is C15H19N3O2. The van der Waals surface area contributed by atoms with E-state index in [0.29, 0.717) is 18.5 Å². The van der Waals surface area contributed by atoms with Gasteiger partial charge in [-0.15, -0.1) is 0 Å². The van der Waals surface area contributed by atoms with Crippen LogP contribution < -0.4 is 10.6 Å². The molecule has 2 aromatic rings. The SMILES string of the molecule is CCNC(=O)[C@H](CC)NC(=O)c1ccc2[nH]ccc2c1. The fraction of sp³-hybridized carbons (Fsp3) is 0.333. The molecule has 2 rings (SSSR count). The number of benzene rings is 1. The minimum atomic E-state index is -0.496. The van der Waals surface area contributed by atoms with Gasteiger partial charge >= 0.3 is 0 Å². The fourth-order valence-electron chi connectivity index (χ4n) is 2.09. The number of carbonyl (C=O) groups is 2. The van der Waals surface area contributed by atoms with Gasteiger partial charge in [0.05, 0.1) is 0 Å². The number of aromatic amines is 1. The van der Waals surface area contributed by atoms with Crippen molar-refractivity contribution in [3.05, 3.63) is 36.0 Å². The van der Waals surface area contributed by atoms with Gasteiger partial charge in [0.2, 0.25) is 5.91 Å². The summed E-state index contributed by atoms with van der Waals surface area (Å²) < 4.78 is 0. The number of likely N-dealkylation sites (N-methyl/N-ethyl adjacent to an activating group) is 1. The third kappa shape index (κ3) is 2.99. The predicted molar refractivity (Wildman–Crippen MR) is 78.5 cm³/mol. The van der Waals surface area contributed by atoms with Crippen LogP contribution in [-0.2, 0) is 4.79 Å². The Labute approximate surface area is 117 Å². The van der Waals surface area contributed by atoms with Crippen LogP contribution >= 0.6 is 0 Å². The molecule has 0 unspecified atom stereocenters. The molecule has 0 aliphatic rings. The number of hydrogen-bond donors (Lipinski definition) is 3. The van der Waals surface area contributed by atoms with Crippen LogP contribution in [0, 0.1) is 0 Å². The van der Waals surface area contributed by atoms with Gasteiger partial charge in [0.1, 0.15) is 6.04 Å². The number of hydrogen-bond acceptors (Lipinski definition) is 2. The molecular weight excluding hydrogens is 254 g/mol. The van der Waals surface area contributed by atoms with Crippen molar-refractivity contribution in [2.24, 2.45) is 0 Å². The minimum Gasteiger partial charge on any atom is -0.361 e. The maximum Gasteiger partial charge on any atom is 0.251 e. The van der Waals surface area contributed by atoms with Crippen LogP contribution in [0.25, 0.3) is 10.9 Å². The molecule has 0 spiro atoms. The highest BCUT2D eigenvalue weighted by Crippen LogP contribution is 2.14. The summed E-state index contributed by atoms with van der Waals surface area (Å²) in [6.07, 6.45) is 2.39. The molecule has 0 saturated heterocycles. The van der Waals surface area contributed by atoms with E-state index in [0.717, 1.165) is 10.9 Å². The van der Waals surface area contributed by atoms with Crippen molar-refractivity contribution < 1.29 is 9.59 Å². The summed E-state index contributed by atoms with van der Waals surface area (Å²) in [6, 6.07) is 6.83. The zero-order chi connectivity index (χ0) is 14.5. The molecule has 2 amide bonds. The van der Waals surface area contributed by atoms with Crippen molar-refractivity contribution in [2.45, 2.75) is 26.3 Å². The second-order valence-corrected chi connectivity index (χ2v) is 4.61. The van der Waals surface area contributed by atoms with E-state index in [1.165, 1.54) is 0 Å². The lowest BCUT2D eigenvalue weighted by molar-refractivity contribution is -0.122. The topological polar surface area (TPSA) is 74.0 Å². The van der Waals surface area contributed by atoms with E-state index in [1.807, 2.05) is 38.2 Å². The van der Waals surface area contributed by atoms with E-state index in [1.54, 1.807) is 6.07 Å². The third-order valence-electron chi connectivity index (χ3n) is 3.20. The highest BCUT2D eigenvalue weighted by atomic mass is 16.2. The molecule has 0 bridgehead atoms. The summed E-state index contributed by atoms with van der Waals surface area (Å²) in [7, 11) is 0. The van der Waals surface area contributed by atoms with Gasteiger partial charge in [-0.1, -0.05) is 6.92 Å². The highest BCUT2D eigenvalue weighted by Gasteiger charge is 2.18. The van der Waals surface area contributed by atoms with Gasteiger partial charge in [-0.25, -0.2) is 0 Å². The zero-order valence-electron chi connectivity index (χ0n) is 11.7. The molecule has 0 saturated carbocycles. The van der Waals surface area contributed by atoms with E-state index in [-0.39, 0.29) is 11.8 Å². The molecule has 106 valence electrons. The molecule has 5 heteroatoms. The number of nitrogens with one attached hydrogen (secondary N) is 3. The molecule has 3 N–H and O–H groups in total. The first kappa shape index (κ1) is 14.1. The van der Waals surface area contributed by atoms with Gasteiger partial charge in [0.15, 0.2) is 0 Å². The normalized spacial score (nSPS) is 12.1. The number of aromatic nitrogens is 1. The Bertz CT molecular complexity index is 618. The molecule has 1 aromatic heterocycles. The Kier molecular flexibility index (Phi) is 4.40. The quantitative estimate of drug-likeness (QED) is 0.777. The predicted octanol–water partition coefficient (Wildman–Crippen LogP) is 1.81. The Balaban J connectivity index is 2.11. The van der Waals surface area contributed by atoms with Crippen molar-refractivity contribution in [3.63, 3.8) is 0 Å². The average molecular weight is 273 g/mol. The Hall–Kier alpha value is -2.30. The van der Waals surface area contributed by atoms with Crippen LogP contribution in [0.15, 0.2) is 30.5 Å². The molecule has 0 radical (unpaired) electrons. The van der Waals surface area contributed by atoms with Gasteiger partial charge in [0.25, 0.3) is 5.91 Å². The molecule has 0 aliphatic carbocycles. The first-order valence-corrected chi connectivity index (χ1v) is 6.81. The number of amides is 2. The van der Waals surface area contributed by atoms with Crippen LogP contribution in [0.1, 0.15) is 30.6 Å². The first-order valence-electron chi connectivity index (χ1n) is 6.81. The molecule has 0 fully saturated rings. The van der Waals surface area contributed by atoms with Crippen molar-refractivity contribution in [1.82, 2.24) is 15.6 Å². The van der Waals surface area contributed by atoms with Crippen molar-refractivity contribution in [3.8, 4) is 0 Å². The van der Waals surface area contributed by atoms with Crippen LogP contribution in [-0.4, -0.2) is 29.4 Å². The van der Waals surface area contributed by atoms with Gasteiger partial charge in [-0.2, -0.15) is 0 Å². The van der Waals surface area contributed by atoms with E-state index < -0.39 is 6.04 Å². The molecule has 1 atom stereocenters. The van der Waals surface area contributed by atoms with Gasteiger partial charge in [-0.3, -0.25) is 9.59 Å². The molecule has 5 nitrogen and oxygen atoms in total. The van der Waals surface area contributed by atoms with Crippen LogP contribution in [0.3, 0.4) is 0 Å². The summed E-state index contributed by atoms with van der Waals surface area (Å²) in [5.41, 5.74) is 1.54. The van der Waals surface area contributed by atoms with E-state index in [9.17, 15) is 9.59 Å². The number of rotatable bonds is 5. The summed E-state index contributed by atoms with van der Waals surface area (Å²) in [4.78, 5) is 27.0. The summed E-state index contributed by atoms with van der Waals surface area (Å²) in [6.45, 7) is 4.28. The second kappa shape index (κ2) is 6.23. The van der Waals surface area contributed by atoms with Gasteiger partial charge < -0.3 is 15.6 Å². The van der Waals surface area contributed by atoms with Crippen molar-refractivity contribution in [1.29, 1.82) is 0 Å². The van der Waals surface area contributed by atoms with Crippen LogP contribution in [0.4, 0.5) is 0 Å². The van der Waals surface area contributed by atoms with E-state index in [4.69, 9.17) is 0 Å². The van der Waals surface area contributed by atoms with Gasteiger partial charge in [-0.05, 0) is 37.6 Å². The smallest absolute Gasteiger partial charge is 0.251 e. The lowest BCUT2D eigenvalue weighted by Crippen LogP contribution is -2.46. The summed E-state index contributed by atoms with van der Waals surface area (Å²) >= 11 is 0. The maximum absolute atomic E-state index is 12.2. The average Bonchev–Trinajstić information content (AvgIpc) is 2.91. The Morgan fingerprint density at radius 1 is 1.25 bits per heavy atom. The maximum atomic E-state index is 12.2. The number of fused-ring (bicyclic) bond motifs is 1. The third-order valence-corrected chi connectivity index (χ3v) is 3.20. The Morgan fingerprint density at radius 2 is 2.05 bits per heavy atom. The molecule has 1 aromatic carbocycles. The monoisotopic (exact) mass is 273 g/mol. The summed E-state index contributed by atoms with van der Waals surface area (Å²) in [5.74, 6) is -0.378.